The fourth-order valence-electron chi connectivity index (χ4n) is 2.97. The lowest BCUT2D eigenvalue weighted by Gasteiger charge is -2.28. The molecule has 1 fully saturated rings. The lowest BCUT2D eigenvalue weighted by atomic mass is 9.92. The van der Waals surface area contributed by atoms with Crippen molar-refractivity contribution < 1.29 is 9.90 Å². The molecule has 2 unspecified atom stereocenters. The van der Waals surface area contributed by atoms with E-state index in [1.165, 1.54) is 11.1 Å². The first-order valence-electron chi connectivity index (χ1n) is 7.05. The second-order valence-corrected chi connectivity index (χ2v) is 5.52. The van der Waals surface area contributed by atoms with Gasteiger partial charge in [-0.05, 0) is 36.1 Å². The third-order valence-electron chi connectivity index (χ3n) is 4.15. The van der Waals surface area contributed by atoms with Gasteiger partial charge in [0.1, 0.15) is 0 Å². The molecule has 0 saturated heterocycles. The van der Waals surface area contributed by atoms with Crippen molar-refractivity contribution in [1.29, 1.82) is 0 Å². The maximum Gasteiger partial charge on any atom is 0.251 e. The van der Waals surface area contributed by atoms with Crippen molar-refractivity contribution in [3.63, 3.8) is 0 Å². The highest BCUT2D eigenvalue weighted by atomic mass is 16.3. The second-order valence-electron chi connectivity index (χ2n) is 5.52. The Kier molecular flexibility index (Phi) is 3.53. The number of rotatable bonds is 2. The quantitative estimate of drug-likeness (QED) is 0.751. The molecule has 3 rings (SSSR count). The summed E-state index contributed by atoms with van der Waals surface area (Å²) in [5, 5.41) is 16.1. The van der Waals surface area contributed by atoms with Crippen molar-refractivity contribution in [2.45, 2.75) is 50.9 Å². The average molecular weight is 260 g/mol. The van der Waals surface area contributed by atoms with Gasteiger partial charge in [-0.2, -0.15) is 0 Å². The van der Waals surface area contributed by atoms with Gasteiger partial charge < -0.3 is 15.7 Å². The van der Waals surface area contributed by atoms with Crippen LogP contribution in [-0.2, 0) is 13.1 Å². The van der Waals surface area contributed by atoms with Crippen molar-refractivity contribution in [1.82, 2.24) is 10.6 Å². The van der Waals surface area contributed by atoms with E-state index in [0.29, 0.717) is 5.56 Å². The van der Waals surface area contributed by atoms with Crippen LogP contribution >= 0.6 is 0 Å². The summed E-state index contributed by atoms with van der Waals surface area (Å²) in [5.41, 5.74) is 3.17. The Morgan fingerprint density at radius 2 is 2.00 bits per heavy atom. The number of carbonyl (C=O) groups is 1. The predicted molar refractivity (Wildman–Crippen MR) is 72.7 cm³/mol. The van der Waals surface area contributed by atoms with Gasteiger partial charge in [0.05, 0.1) is 12.1 Å². The monoisotopic (exact) mass is 260 g/mol. The minimum atomic E-state index is -0.395. The van der Waals surface area contributed by atoms with E-state index in [-0.39, 0.29) is 11.9 Å². The van der Waals surface area contributed by atoms with Crippen molar-refractivity contribution in [2.75, 3.05) is 0 Å². The molecular weight excluding hydrogens is 240 g/mol. The number of fused-ring (bicyclic) bond motifs is 1. The zero-order valence-corrected chi connectivity index (χ0v) is 11.0. The molecule has 1 aromatic carbocycles. The molecule has 0 aromatic heterocycles. The van der Waals surface area contributed by atoms with E-state index >= 15 is 0 Å². The van der Waals surface area contributed by atoms with Crippen LogP contribution in [-0.4, -0.2) is 23.2 Å². The number of aliphatic hydroxyl groups excluding tert-OH is 1. The molecule has 0 radical (unpaired) electrons. The average Bonchev–Trinajstić information content (AvgIpc) is 2.88. The Balaban J connectivity index is 1.70. The summed E-state index contributed by atoms with van der Waals surface area (Å²) in [6, 6.07) is 5.75. The van der Waals surface area contributed by atoms with Crippen LogP contribution in [0.5, 0.6) is 0 Å². The van der Waals surface area contributed by atoms with Gasteiger partial charge in [-0.15, -0.1) is 0 Å². The number of carbonyl (C=O) groups excluding carboxylic acids is 1. The lowest BCUT2D eigenvalue weighted by molar-refractivity contribution is 0.0717. The fraction of sp³-hybridized carbons (Fsp3) is 0.533. The van der Waals surface area contributed by atoms with Crippen molar-refractivity contribution in [2.24, 2.45) is 0 Å². The van der Waals surface area contributed by atoms with Crippen LogP contribution in [0.25, 0.3) is 0 Å². The number of amides is 1. The molecule has 0 spiro atoms. The zero-order chi connectivity index (χ0) is 13.2. The molecule has 1 heterocycles. The molecule has 2 atom stereocenters. The summed E-state index contributed by atoms with van der Waals surface area (Å²) in [7, 11) is 0. The van der Waals surface area contributed by atoms with Gasteiger partial charge >= 0.3 is 0 Å². The summed E-state index contributed by atoms with van der Waals surface area (Å²) in [4.78, 5) is 12.2. The molecule has 4 heteroatoms. The Bertz CT molecular complexity index is 487. The van der Waals surface area contributed by atoms with Gasteiger partial charge in [0.2, 0.25) is 0 Å². The molecule has 1 aromatic rings. The van der Waals surface area contributed by atoms with Crippen LogP contribution in [0.1, 0.15) is 47.2 Å². The van der Waals surface area contributed by atoms with Crippen LogP contribution < -0.4 is 10.6 Å². The summed E-state index contributed by atoms with van der Waals surface area (Å²) in [6.07, 6.45) is 3.40. The topological polar surface area (TPSA) is 61.4 Å². The van der Waals surface area contributed by atoms with Gasteiger partial charge in [0, 0.05) is 18.7 Å². The first kappa shape index (κ1) is 12.6. The van der Waals surface area contributed by atoms with Crippen molar-refractivity contribution >= 4 is 5.91 Å². The number of aliphatic hydroxyl groups is 1. The van der Waals surface area contributed by atoms with Crippen molar-refractivity contribution in [3.8, 4) is 0 Å². The van der Waals surface area contributed by atoms with Crippen LogP contribution in [0, 0.1) is 0 Å². The maximum absolute atomic E-state index is 12.2. The molecule has 102 valence electrons. The molecule has 2 aliphatic rings. The van der Waals surface area contributed by atoms with E-state index in [4.69, 9.17) is 0 Å². The second kappa shape index (κ2) is 5.31. The summed E-state index contributed by atoms with van der Waals surface area (Å²) >= 11 is 0. The Labute approximate surface area is 113 Å². The van der Waals surface area contributed by atoms with E-state index in [2.05, 4.69) is 10.6 Å². The standard InChI is InChI=1S/C15H20N2O2/c18-14-4-2-1-3-13(14)17-15(19)10-5-6-11-8-16-9-12(11)7-10/h5-7,13-14,16,18H,1-4,8-9H2,(H,17,19). The molecule has 1 aliphatic carbocycles. The highest BCUT2D eigenvalue weighted by molar-refractivity contribution is 5.94. The van der Waals surface area contributed by atoms with Gasteiger partial charge in [-0.25, -0.2) is 0 Å². The van der Waals surface area contributed by atoms with E-state index in [9.17, 15) is 9.90 Å². The number of hydrogen-bond donors (Lipinski definition) is 3. The summed E-state index contributed by atoms with van der Waals surface area (Å²) in [6.45, 7) is 1.72. The van der Waals surface area contributed by atoms with Gasteiger partial charge in [-0.3, -0.25) is 4.79 Å². The molecule has 19 heavy (non-hydrogen) atoms. The minimum absolute atomic E-state index is 0.0688. The number of nitrogens with one attached hydrogen (secondary N) is 2. The Morgan fingerprint density at radius 3 is 2.84 bits per heavy atom. The predicted octanol–water partition coefficient (Wildman–Crippen LogP) is 1.32. The maximum atomic E-state index is 12.2. The van der Waals surface area contributed by atoms with E-state index in [1.807, 2.05) is 18.2 Å². The minimum Gasteiger partial charge on any atom is -0.391 e. The Hall–Kier alpha value is -1.39. The van der Waals surface area contributed by atoms with Gasteiger partial charge in [0.25, 0.3) is 5.91 Å². The molecule has 1 amide bonds. The van der Waals surface area contributed by atoms with E-state index in [0.717, 1.165) is 38.8 Å². The molecular formula is C15H20N2O2. The molecule has 4 nitrogen and oxygen atoms in total. The third kappa shape index (κ3) is 2.65. The summed E-state index contributed by atoms with van der Waals surface area (Å²) < 4.78 is 0. The highest BCUT2D eigenvalue weighted by Crippen LogP contribution is 2.20. The third-order valence-corrected chi connectivity index (χ3v) is 4.15. The molecule has 1 saturated carbocycles. The molecule has 3 N–H and O–H groups in total. The fourth-order valence-corrected chi connectivity index (χ4v) is 2.97. The first-order chi connectivity index (χ1) is 9.24. The zero-order valence-electron chi connectivity index (χ0n) is 11.0. The van der Waals surface area contributed by atoms with E-state index < -0.39 is 6.10 Å². The largest absolute Gasteiger partial charge is 0.391 e. The highest BCUT2D eigenvalue weighted by Gasteiger charge is 2.25. The van der Waals surface area contributed by atoms with Crippen LogP contribution in [0.4, 0.5) is 0 Å². The smallest absolute Gasteiger partial charge is 0.251 e. The number of benzene rings is 1. The first-order valence-corrected chi connectivity index (χ1v) is 7.05. The number of hydrogen-bond acceptors (Lipinski definition) is 3. The van der Waals surface area contributed by atoms with Crippen LogP contribution in [0.15, 0.2) is 18.2 Å². The molecule has 0 bridgehead atoms. The summed E-state index contributed by atoms with van der Waals surface area (Å²) in [5.74, 6) is -0.0688. The van der Waals surface area contributed by atoms with Crippen LogP contribution in [0.2, 0.25) is 0 Å². The van der Waals surface area contributed by atoms with E-state index in [1.54, 1.807) is 0 Å². The SMILES string of the molecule is O=C(NC1CCCCC1O)c1ccc2c(c1)CNC2. The normalized spacial score (nSPS) is 25.9. The Morgan fingerprint density at radius 1 is 1.21 bits per heavy atom. The van der Waals surface area contributed by atoms with Gasteiger partial charge in [0.15, 0.2) is 0 Å². The van der Waals surface area contributed by atoms with Crippen LogP contribution in [0.3, 0.4) is 0 Å². The van der Waals surface area contributed by atoms with Crippen molar-refractivity contribution in [3.05, 3.63) is 34.9 Å². The lowest BCUT2D eigenvalue weighted by Crippen LogP contribution is -2.45. The van der Waals surface area contributed by atoms with Gasteiger partial charge in [-0.1, -0.05) is 18.9 Å². The molecule has 1 aliphatic heterocycles.